The molecule has 0 aliphatic carbocycles. The number of pyridine rings is 1. The van der Waals surface area contributed by atoms with Crippen molar-refractivity contribution in [1.29, 1.82) is 0 Å². The Morgan fingerprint density at radius 2 is 1.77 bits per heavy atom. The van der Waals surface area contributed by atoms with Crippen molar-refractivity contribution in [1.82, 2.24) is 4.57 Å². The molecule has 3 aromatic rings. The molecule has 0 aliphatic heterocycles. The number of hydrogen-bond donors (Lipinski definition) is 0. The largest absolute Gasteiger partial charge is 0.483 e. The van der Waals surface area contributed by atoms with Crippen molar-refractivity contribution in [3.8, 4) is 5.75 Å². The van der Waals surface area contributed by atoms with E-state index >= 15 is 0 Å². The number of benzene rings is 2. The second-order valence-corrected chi connectivity index (χ2v) is 7.69. The van der Waals surface area contributed by atoms with Gasteiger partial charge in [0.15, 0.2) is 6.61 Å². The van der Waals surface area contributed by atoms with Gasteiger partial charge in [0.25, 0.3) is 11.5 Å². The monoisotopic (exact) mass is 406 g/mol. The Labute approximate surface area is 177 Å². The molecule has 0 bridgehead atoms. The second-order valence-electron chi connectivity index (χ2n) is 7.69. The molecule has 0 spiro atoms. The van der Waals surface area contributed by atoms with Gasteiger partial charge in [-0.05, 0) is 49.1 Å². The highest BCUT2D eigenvalue weighted by Crippen LogP contribution is 2.24. The topological polar surface area (TPSA) is 51.5 Å². The van der Waals surface area contributed by atoms with E-state index in [0.717, 1.165) is 23.0 Å². The van der Waals surface area contributed by atoms with Crippen molar-refractivity contribution in [3.05, 3.63) is 70.5 Å². The first-order valence-electron chi connectivity index (χ1n) is 10.6. The average molecular weight is 407 g/mol. The number of hydrogen-bond acceptors (Lipinski definition) is 3. The van der Waals surface area contributed by atoms with Crippen molar-refractivity contribution < 1.29 is 9.53 Å². The van der Waals surface area contributed by atoms with Crippen molar-refractivity contribution in [2.75, 3.05) is 18.1 Å². The smallest absolute Gasteiger partial charge is 0.264 e. The average Bonchev–Trinajstić information content (AvgIpc) is 2.75. The maximum Gasteiger partial charge on any atom is 0.264 e. The second kappa shape index (κ2) is 9.61. The number of rotatable bonds is 8. The van der Waals surface area contributed by atoms with Gasteiger partial charge in [0.2, 0.25) is 0 Å². The maximum absolute atomic E-state index is 13.0. The van der Waals surface area contributed by atoms with Gasteiger partial charge in [0.05, 0.1) is 5.52 Å². The normalized spacial score (nSPS) is 11.1. The maximum atomic E-state index is 13.0. The van der Waals surface area contributed by atoms with Crippen LogP contribution in [0.15, 0.2) is 59.4 Å². The molecule has 158 valence electrons. The molecule has 5 nitrogen and oxygen atoms in total. The molecule has 1 aromatic heterocycles. The van der Waals surface area contributed by atoms with Gasteiger partial charge < -0.3 is 14.2 Å². The number of amides is 1. The lowest BCUT2D eigenvalue weighted by Crippen LogP contribution is -2.35. The third-order valence-electron chi connectivity index (χ3n) is 5.27. The van der Waals surface area contributed by atoms with Gasteiger partial charge in [-0.2, -0.15) is 0 Å². The summed E-state index contributed by atoms with van der Waals surface area (Å²) < 4.78 is 7.57. The summed E-state index contributed by atoms with van der Waals surface area (Å²) in [6.07, 6.45) is 0.840. The van der Waals surface area contributed by atoms with E-state index in [4.69, 9.17) is 4.74 Å². The van der Waals surface area contributed by atoms with Crippen molar-refractivity contribution in [2.45, 2.75) is 46.6 Å². The molecule has 0 fully saturated rings. The van der Waals surface area contributed by atoms with Crippen LogP contribution in [0.3, 0.4) is 0 Å². The number of para-hydroxylation sites is 1. The van der Waals surface area contributed by atoms with E-state index in [0.29, 0.717) is 24.8 Å². The molecule has 0 saturated heterocycles. The summed E-state index contributed by atoms with van der Waals surface area (Å²) in [6, 6.07) is 17.2. The van der Waals surface area contributed by atoms with Crippen molar-refractivity contribution in [3.63, 3.8) is 0 Å². The van der Waals surface area contributed by atoms with E-state index in [1.807, 2.05) is 50.2 Å². The Morgan fingerprint density at radius 3 is 2.40 bits per heavy atom. The molecule has 0 aliphatic rings. The number of ether oxygens (including phenoxy) is 1. The molecule has 1 heterocycles. The highest BCUT2D eigenvalue weighted by molar-refractivity contribution is 5.95. The number of aryl methyl sites for hydroxylation is 1. The molecule has 1 amide bonds. The summed E-state index contributed by atoms with van der Waals surface area (Å²) in [4.78, 5) is 27.2. The van der Waals surface area contributed by atoms with Gasteiger partial charge in [-0.25, -0.2) is 0 Å². The third kappa shape index (κ3) is 4.56. The van der Waals surface area contributed by atoms with Crippen LogP contribution in [-0.4, -0.2) is 23.6 Å². The number of anilines is 1. The standard InChI is InChI=1S/C25H30N2O3/c1-5-15-27(20-13-11-19(12-14-20)18(3)4)25(29)17-30-23-16-24(28)26(6-2)22-10-8-7-9-21(22)23/h7-14,16,18H,5-6,15,17H2,1-4H3. The summed E-state index contributed by atoms with van der Waals surface area (Å²) in [5.74, 6) is 0.759. The fraction of sp³-hybridized carbons (Fsp3) is 0.360. The van der Waals surface area contributed by atoms with Gasteiger partial charge >= 0.3 is 0 Å². The Hall–Kier alpha value is -3.08. The van der Waals surface area contributed by atoms with E-state index < -0.39 is 0 Å². The summed E-state index contributed by atoms with van der Waals surface area (Å²) >= 11 is 0. The van der Waals surface area contributed by atoms with Crippen molar-refractivity contribution in [2.24, 2.45) is 0 Å². The SMILES string of the molecule is CCCN(C(=O)COc1cc(=O)n(CC)c2ccccc12)c1ccc(C(C)C)cc1. The Balaban J connectivity index is 1.83. The molecule has 0 N–H and O–H groups in total. The van der Waals surface area contributed by atoms with E-state index in [-0.39, 0.29) is 18.1 Å². The Morgan fingerprint density at radius 1 is 1.07 bits per heavy atom. The van der Waals surface area contributed by atoms with Crippen LogP contribution in [-0.2, 0) is 11.3 Å². The lowest BCUT2D eigenvalue weighted by molar-refractivity contribution is -0.120. The van der Waals surface area contributed by atoms with E-state index in [2.05, 4.69) is 26.0 Å². The van der Waals surface area contributed by atoms with Crippen molar-refractivity contribution >= 4 is 22.5 Å². The molecule has 5 heteroatoms. The quantitative estimate of drug-likeness (QED) is 0.531. The highest BCUT2D eigenvalue weighted by Gasteiger charge is 2.17. The lowest BCUT2D eigenvalue weighted by Gasteiger charge is -2.23. The molecule has 2 aromatic carbocycles. The van der Waals surface area contributed by atoms with Crippen LogP contribution in [0.5, 0.6) is 5.75 Å². The molecular formula is C25H30N2O3. The fourth-order valence-electron chi connectivity index (χ4n) is 3.63. The summed E-state index contributed by atoms with van der Waals surface area (Å²) in [5, 5.41) is 0.829. The zero-order valence-corrected chi connectivity index (χ0v) is 18.2. The number of nitrogens with zero attached hydrogens (tertiary/aromatic N) is 2. The van der Waals surface area contributed by atoms with Gasteiger partial charge in [-0.1, -0.05) is 45.0 Å². The number of carbonyl (C=O) groups excluding carboxylic acids is 1. The van der Waals surface area contributed by atoms with Crippen LogP contribution in [0.25, 0.3) is 10.9 Å². The molecular weight excluding hydrogens is 376 g/mol. The molecule has 0 saturated carbocycles. The summed E-state index contributed by atoms with van der Waals surface area (Å²) in [7, 11) is 0. The number of fused-ring (bicyclic) bond motifs is 1. The minimum atomic E-state index is -0.131. The summed E-state index contributed by atoms with van der Waals surface area (Å²) in [5.41, 5.74) is 2.78. The molecule has 0 atom stereocenters. The zero-order valence-electron chi connectivity index (χ0n) is 18.2. The zero-order chi connectivity index (χ0) is 21.7. The first-order chi connectivity index (χ1) is 14.5. The summed E-state index contributed by atoms with van der Waals surface area (Å²) in [6.45, 7) is 9.34. The molecule has 0 unspecified atom stereocenters. The lowest BCUT2D eigenvalue weighted by atomic mass is 10.0. The third-order valence-corrected chi connectivity index (χ3v) is 5.27. The minimum absolute atomic E-state index is 0.120. The fourth-order valence-corrected chi connectivity index (χ4v) is 3.63. The molecule has 3 rings (SSSR count). The van der Waals surface area contributed by atoms with E-state index in [9.17, 15) is 9.59 Å². The number of carbonyl (C=O) groups is 1. The van der Waals surface area contributed by atoms with Gasteiger partial charge in [0.1, 0.15) is 5.75 Å². The van der Waals surface area contributed by atoms with Gasteiger partial charge in [-0.3, -0.25) is 9.59 Å². The minimum Gasteiger partial charge on any atom is -0.483 e. The predicted molar refractivity (Wildman–Crippen MR) is 123 cm³/mol. The van der Waals surface area contributed by atoms with E-state index in [1.165, 1.54) is 11.6 Å². The van der Waals surface area contributed by atoms with Crippen LogP contribution in [0.4, 0.5) is 5.69 Å². The molecule has 0 radical (unpaired) electrons. The Bertz CT molecular complexity index is 1070. The highest BCUT2D eigenvalue weighted by atomic mass is 16.5. The first-order valence-corrected chi connectivity index (χ1v) is 10.6. The van der Waals surface area contributed by atoms with Crippen LogP contribution < -0.4 is 15.2 Å². The first kappa shape index (κ1) is 21.6. The Kier molecular flexibility index (Phi) is 6.93. The van der Waals surface area contributed by atoms with Crippen LogP contribution >= 0.6 is 0 Å². The number of aromatic nitrogens is 1. The van der Waals surface area contributed by atoms with Gasteiger partial charge in [0, 0.05) is 30.2 Å². The van der Waals surface area contributed by atoms with Gasteiger partial charge in [-0.15, -0.1) is 0 Å². The predicted octanol–water partition coefficient (Wildman–Crippen LogP) is 4.97. The molecule has 30 heavy (non-hydrogen) atoms. The van der Waals surface area contributed by atoms with Crippen LogP contribution in [0.2, 0.25) is 0 Å². The van der Waals surface area contributed by atoms with Crippen LogP contribution in [0, 0.1) is 0 Å². The van der Waals surface area contributed by atoms with E-state index in [1.54, 1.807) is 9.47 Å². The van der Waals surface area contributed by atoms with Crippen LogP contribution in [0.1, 0.15) is 45.6 Å².